The predicted octanol–water partition coefficient (Wildman–Crippen LogP) is 2.27. The summed E-state index contributed by atoms with van der Waals surface area (Å²) in [4.78, 5) is 17.9. The van der Waals surface area contributed by atoms with Gasteiger partial charge in [0.25, 0.3) is 16.1 Å². The molecule has 0 aliphatic carbocycles. The monoisotopic (exact) mass is 406 g/mol. The third-order valence-electron chi connectivity index (χ3n) is 3.50. The van der Waals surface area contributed by atoms with Gasteiger partial charge in [0, 0.05) is 31.9 Å². The molecule has 3 heterocycles. The van der Waals surface area contributed by atoms with Crippen LogP contribution >= 0.6 is 34.3 Å². The van der Waals surface area contributed by atoms with Crippen LogP contribution in [0.3, 0.4) is 0 Å². The first-order valence-electron chi connectivity index (χ1n) is 7.00. The van der Waals surface area contributed by atoms with Gasteiger partial charge in [-0.2, -0.15) is 17.0 Å². The molecule has 24 heavy (non-hydrogen) atoms. The van der Waals surface area contributed by atoms with Crippen molar-refractivity contribution in [1.29, 1.82) is 0 Å². The first-order chi connectivity index (χ1) is 11.3. The predicted molar refractivity (Wildman–Crippen MR) is 96.1 cm³/mol. The number of hydrogen-bond donors (Lipinski definition) is 1. The molecule has 1 aliphatic heterocycles. The van der Waals surface area contributed by atoms with Crippen LogP contribution in [0.2, 0.25) is 4.34 Å². The molecule has 0 unspecified atom stereocenters. The molecular weight excluding hydrogens is 392 g/mol. The van der Waals surface area contributed by atoms with E-state index >= 15 is 0 Å². The van der Waals surface area contributed by atoms with Crippen LogP contribution in [0.4, 0.5) is 5.13 Å². The van der Waals surface area contributed by atoms with E-state index in [1.165, 1.54) is 45.4 Å². The molecule has 2 aromatic heterocycles. The van der Waals surface area contributed by atoms with Gasteiger partial charge in [0.15, 0.2) is 5.13 Å². The minimum Gasteiger partial charge on any atom is -0.297 e. The number of anilines is 1. The smallest absolute Gasteiger partial charge is 0.281 e. The summed E-state index contributed by atoms with van der Waals surface area (Å²) in [5.41, 5.74) is 0.838. The standard InChI is InChI=1S/C13H15ClN4O3S3/c1-17(2)24(20,21)18-6-5-8-10(7-18)23-13(15-8)16-12(19)9-3-4-11(14)22-9/h3-4H,5-7H2,1-2H3,(H,15,16,19). The second kappa shape index (κ2) is 6.70. The van der Waals surface area contributed by atoms with Gasteiger partial charge in [0.05, 0.1) is 21.5 Å². The summed E-state index contributed by atoms with van der Waals surface area (Å²) >= 11 is 8.33. The van der Waals surface area contributed by atoms with Crippen molar-refractivity contribution < 1.29 is 13.2 Å². The molecule has 2 aromatic rings. The zero-order valence-corrected chi connectivity index (χ0v) is 16.2. The number of halogens is 1. The number of carbonyl (C=O) groups is 1. The summed E-state index contributed by atoms with van der Waals surface area (Å²) in [6, 6.07) is 3.32. The Labute approximate surface area is 153 Å². The second-order valence-corrected chi connectivity index (χ2v) is 10.3. The van der Waals surface area contributed by atoms with Gasteiger partial charge in [-0.3, -0.25) is 10.1 Å². The summed E-state index contributed by atoms with van der Waals surface area (Å²) in [5, 5.41) is 3.22. The molecule has 130 valence electrons. The van der Waals surface area contributed by atoms with Crippen LogP contribution in [0.25, 0.3) is 0 Å². The van der Waals surface area contributed by atoms with Crippen molar-refractivity contribution in [2.24, 2.45) is 0 Å². The highest BCUT2D eigenvalue weighted by Crippen LogP contribution is 2.30. The molecule has 0 spiro atoms. The van der Waals surface area contributed by atoms with E-state index in [1.54, 1.807) is 12.1 Å². The Morgan fingerprint density at radius 1 is 1.38 bits per heavy atom. The topological polar surface area (TPSA) is 82.6 Å². The molecule has 0 bridgehead atoms. The molecule has 0 fully saturated rings. The fourth-order valence-electron chi connectivity index (χ4n) is 2.25. The number of carbonyl (C=O) groups excluding carboxylic acids is 1. The summed E-state index contributed by atoms with van der Waals surface area (Å²) in [6.07, 6.45) is 0.527. The SMILES string of the molecule is CN(C)S(=O)(=O)N1CCc2nc(NC(=O)c3ccc(Cl)s3)sc2C1. The van der Waals surface area contributed by atoms with Crippen molar-refractivity contribution in [3.05, 3.63) is 31.9 Å². The highest BCUT2D eigenvalue weighted by Gasteiger charge is 2.30. The fraction of sp³-hybridized carbons (Fsp3) is 0.385. The van der Waals surface area contributed by atoms with E-state index in [0.717, 1.165) is 10.6 Å². The zero-order chi connectivity index (χ0) is 17.5. The number of nitrogens with one attached hydrogen (secondary N) is 1. The van der Waals surface area contributed by atoms with Gasteiger partial charge in [0.2, 0.25) is 0 Å². The van der Waals surface area contributed by atoms with Crippen LogP contribution in [0, 0.1) is 0 Å². The van der Waals surface area contributed by atoms with E-state index in [-0.39, 0.29) is 12.5 Å². The second-order valence-electron chi connectivity index (χ2n) is 5.32. The lowest BCUT2D eigenvalue weighted by atomic mass is 10.2. The van der Waals surface area contributed by atoms with Crippen LogP contribution < -0.4 is 5.32 Å². The van der Waals surface area contributed by atoms with Crippen molar-refractivity contribution >= 4 is 55.5 Å². The molecule has 7 nitrogen and oxygen atoms in total. The quantitative estimate of drug-likeness (QED) is 0.844. The van der Waals surface area contributed by atoms with Crippen LogP contribution in [0.15, 0.2) is 12.1 Å². The molecule has 0 aromatic carbocycles. The van der Waals surface area contributed by atoms with Crippen LogP contribution in [-0.4, -0.2) is 48.6 Å². The number of hydrogen-bond acceptors (Lipinski definition) is 6. The Morgan fingerprint density at radius 3 is 2.75 bits per heavy atom. The van der Waals surface area contributed by atoms with E-state index in [2.05, 4.69) is 10.3 Å². The maximum atomic E-state index is 12.2. The first-order valence-corrected chi connectivity index (χ1v) is 10.4. The van der Waals surface area contributed by atoms with Crippen molar-refractivity contribution in [1.82, 2.24) is 13.6 Å². The minimum atomic E-state index is -3.45. The number of nitrogens with zero attached hydrogens (tertiary/aromatic N) is 3. The summed E-state index contributed by atoms with van der Waals surface area (Å²) < 4.78 is 27.6. The normalized spacial score (nSPS) is 15.5. The number of thiophene rings is 1. The van der Waals surface area contributed by atoms with Gasteiger partial charge in [-0.1, -0.05) is 11.6 Å². The molecule has 11 heteroatoms. The van der Waals surface area contributed by atoms with Gasteiger partial charge in [-0.25, -0.2) is 4.98 Å². The molecule has 1 aliphatic rings. The van der Waals surface area contributed by atoms with Crippen molar-refractivity contribution in [2.45, 2.75) is 13.0 Å². The van der Waals surface area contributed by atoms with E-state index < -0.39 is 10.2 Å². The van der Waals surface area contributed by atoms with Gasteiger partial charge in [-0.15, -0.1) is 22.7 Å². The van der Waals surface area contributed by atoms with Crippen molar-refractivity contribution in [3.63, 3.8) is 0 Å². The van der Waals surface area contributed by atoms with Gasteiger partial charge >= 0.3 is 0 Å². The van der Waals surface area contributed by atoms with Gasteiger partial charge < -0.3 is 0 Å². The van der Waals surface area contributed by atoms with E-state index in [9.17, 15) is 13.2 Å². The maximum Gasteiger partial charge on any atom is 0.281 e. The summed E-state index contributed by atoms with van der Waals surface area (Å²) in [6.45, 7) is 0.652. The van der Waals surface area contributed by atoms with Gasteiger partial charge in [0.1, 0.15) is 0 Å². The van der Waals surface area contributed by atoms with Crippen LogP contribution in [0.5, 0.6) is 0 Å². The van der Waals surface area contributed by atoms with Gasteiger partial charge in [-0.05, 0) is 12.1 Å². The molecule has 0 saturated heterocycles. The number of rotatable bonds is 4. The third-order valence-corrected chi connectivity index (χ3v) is 7.62. The molecule has 0 saturated carbocycles. The Bertz CT molecular complexity index is 875. The molecule has 0 atom stereocenters. The van der Waals surface area contributed by atoms with Crippen molar-refractivity contribution in [2.75, 3.05) is 26.0 Å². The molecule has 1 amide bonds. The molecule has 1 N–H and O–H groups in total. The highest BCUT2D eigenvalue weighted by atomic mass is 35.5. The molecule has 3 rings (SSSR count). The van der Waals surface area contributed by atoms with Crippen LogP contribution in [0.1, 0.15) is 20.2 Å². The highest BCUT2D eigenvalue weighted by molar-refractivity contribution is 7.86. The Hall–Kier alpha value is -1.04. The number of amides is 1. The minimum absolute atomic E-state index is 0.268. The number of fused-ring (bicyclic) bond motifs is 1. The summed E-state index contributed by atoms with van der Waals surface area (Å²) in [7, 11) is -0.433. The Kier molecular flexibility index (Phi) is 4.96. The average Bonchev–Trinajstić information content (AvgIpc) is 3.11. The van der Waals surface area contributed by atoms with E-state index in [1.807, 2.05) is 0 Å². The van der Waals surface area contributed by atoms with E-state index in [0.29, 0.717) is 27.3 Å². The first kappa shape index (κ1) is 17.8. The Balaban J connectivity index is 1.75. The third kappa shape index (κ3) is 3.48. The zero-order valence-electron chi connectivity index (χ0n) is 12.9. The lowest BCUT2D eigenvalue weighted by molar-refractivity contribution is 0.103. The molecule has 0 radical (unpaired) electrons. The number of aromatic nitrogens is 1. The maximum absolute atomic E-state index is 12.2. The van der Waals surface area contributed by atoms with E-state index in [4.69, 9.17) is 11.6 Å². The largest absolute Gasteiger partial charge is 0.297 e. The fourth-order valence-corrected chi connectivity index (χ4v) is 5.36. The lowest BCUT2D eigenvalue weighted by Gasteiger charge is -2.27. The lowest BCUT2D eigenvalue weighted by Crippen LogP contribution is -2.42. The van der Waals surface area contributed by atoms with Crippen LogP contribution in [-0.2, 0) is 23.2 Å². The van der Waals surface area contributed by atoms with Crippen molar-refractivity contribution in [3.8, 4) is 0 Å². The average molecular weight is 407 g/mol. The summed E-state index contributed by atoms with van der Waals surface area (Å²) in [5.74, 6) is -0.268. The molecular formula is C13H15ClN4O3S3. The Morgan fingerprint density at radius 2 is 2.12 bits per heavy atom. The number of thiazole rings is 1.